The molecular weight excluding hydrogens is 276 g/mol. The molecule has 0 fully saturated rings. The molecule has 0 spiro atoms. The maximum atomic E-state index is 8.99. The first kappa shape index (κ1) is 12.1. The van der Waals surface area contributed by atoms with Crippen LogP contribution in [-0.4, -0.2) is 14.5 Å². The number of nitrogens with one attached hydrogen (secondary N) is 1. The van der Waals surface area contributed by atoms with Gasteiger partial charge in [-0.3, -0.25) is 0 Å². The van der Waals surface area contributed by atoms with E-state index in [1.54, 1.807) is 17.4 Å². The Balaban J connectivity index is 2.17. The molecule has 2 aromatic heterocycles. The molecular formula is C13H10N4S2. The van der Waals surface area contributed by atoms with Crippen LogP contribution in [0.5, 0.6) is 0 Å². The van der Waals surface area contributed by atoms with Gasteiger partial charge in [-0.25, -0.2) is 4.98 Å². The Hall–Kier alpha value is -1.97. The van der Waals surface area contributed by atoms with Crippen molar-refractivity contribution < 1.29 is 0 Å². The van der Waals surface area contributed by atoms with Crippen LogP contribution in [0.25, 0.3) is 11.0 Å². The Labute approximate surface area is 119 Å². The number of imidazole rings is 1. The Kier molecular flexibility index (Phi) is 2.93. The summed E-state index contributed by atoms with van der Waals surface area (Å²) in [6.45, 7) is 2.68. The molecule has 0 unspecified atom stereocenters. The van der Waals surface area contributed by atoms with Gasteiger partial charge in [0.1, 0.15) is 0 Å². The lowest BCUT2D eigenvalue weighted by Gasteiger charge is -2.03. The van der Waals surface area contributed by atoms with Gasteiger partial charge in [0, 0.05) is 4.88 Å². The number of thiazole rings is 1. The largest absolute Gasteiger partial charge is 0.331 e. The molecule has 94 valence electrons. The molecule has 0 aliphatic rings. The van der Waals surface area contributed by atoms with E-state index < -0.39 is 0 Å². The maximum Gasteiger partial charge on any atom is 0.178 e. The van der Waals surface area contributed by atoms with Gasteiger partial charge in [0.05, 0.1) is 40.4 Å². The van der Waals surface area contributed by atoms with E-state index in [1.165, 1.54) is 4.88 Å². The molecule has 0 radical (unpaired) electrons. The normalized spacial score (nSPS) is 10.7. The van der Waals surface area contributed by atoms with Crippen molar-refractivity contribution in [3.8, 4) is 6.07 Å². The summed E-state index contributed by atoms with van der Waals surface area (Å²) in [6, 6.07) is 7.69. The predicted molar refractivity (Wildman–Crippen MR) is 77.8 cm³/mol. The second-order valence-electron chi connectivity index (χ2n) is 4.22. The number of hydrogen-bond donors (Lipinski definition) is 1. The van der Waals surface area contributed by atoms with Crippen molar-refractivity contribution in [3.63, 3.8) is 0 Å². The standard InChI is InChI=1S/C13H10N4S2/c1-8-12(19-7-15-8)6-17-11-4-9(5-14)2-3-10(11)16-13(17)18/h2-4,7H,6H2,1H3,(H,16,18). The highest BCUT2D eigenvalue weighted by atomic mass is 32.1. The summed E-state index contributed by atoms with van der Waals surface area (Å²) in [4.78, 5) is 8.59. The third-order valence-corrected chi connectivity index (χ3v) is 4.29. The van der Waals surface area contributed by atoms with E-state index in [9.17, 15) is 0 Å². The smallest absolute Gasteiger partial charge is 0.178 e. The SMILES string of the molecule is Cc1ncsc1Cn1c(=S)[nH]c2ccc(C#N)cc21. The fraction of sp³-hybridized carbons (Fsp3) is 0.154. The summed E-state index contributed by atoms with van der Waals surface area (Å²) in [5.41, 5.74) is 5.40. The molecule has 1 aromatic carbocycles. The van der Waals surface area contributed by atoms with E-state index in [1.807, 2.05) is 29.1 Å². The first-order valence-electron chi connectivity index (χ1n) is 5.70. The number of aryl methyl sites for hydroxylation is 1. The summed E-state index contributed by atoms with van der Waals surface area (Å²) < 4.78 is 2.67. The molecule has 3 aromatic rings. The van der Waals surface area contributed by atoms with Crippen LogP contribution in [0.15, 0.2) is 23.7 Å². The summed E-state index contributed by atoms with van der Waals surface area (Å²) in [6.07, 6.45) is 0. The minimum absolute atomic E-state index is 0.635. The van der Waals surface area contributed by atoms with Crippen LogP contribution in [0.2, 0.25) is 0 Å². The van der Waals surface area contributed by atoms with Gasteiger partial charge in [-0.05, 0) is 37.3 Å². The lowest BCUT2D eigenvalue weighted by molar-refractivity contribution is 0.815. The lowest BCUT2D eigenvalue weighted by atomic mass is 10.2. The van der Waals surface area contributed by atoms with Gasteiger partial charge in [-0.15, -0.1) is 11.3 Å². The quantitative estimate of drug-likeness (QED) is 0.735. The van der Waals surface area contributed by atoms with Crippen LogP contribution in [-0.2, 0) is 6.54 Å². The first-order chi connectivity index (χ1) is 9.19. The number of hydrogen-bond acceptors (Lipinski definition) is 4. The van der Waals surface area contributed by atoms with Crippen molar-refractivity contribution in [1.29, 1.82) is 5.26 Å². The highest BCUT2D eigenvalue weighted by molar-refractivity contribution is 7.71. The van der Waals surface area contributed by atoms with Crippen LogP contribution >= 0.6 is 23.6 Å². The number of nitriles is 1. The van der Waals surface area contributed by atoms with E-state index in [-0.39, 0.29) is 0 Å². The van der Waals surface area contributed by atoms with Gasteiger partial charge in [0.25, 0.3) is 0 Å². The minimum Gasteiger partial charge on any atom is -0.331 e. The van der Waals surface area contributed by atoms with Crippen LogP contribution in [0, 0.1) is 23.0 Å². The molecule has 0 atom stereocenters. The molecule has 0 bridgehead atoms. The van der Waals surface area contributed by atoms with Crippen molar-refractivity contribution in [2.45, 2.75) is 13.5 Å². The summed E-state index contributed by atoms with van der Waals surface area (Å²) in [7, 11) is 0. The lowest BCUT2D eigenvalue weighted by Crippen LogP contribution is -1.99. The van der Waals surface area contributed by atoms with Gasteiger partial charge in [0.15, 0.2) is 4.77 Å². The fourth-order valence-electron chi connectivity index (χ4n) is 2.00. The zero-order valence-electron chi connectivity index (χ0n) is 10.2. The summed E-state index contributed by atoms with van der Waals surface area (Å²) in [5.74, 6) is 0. The molecule has 0 saturated heterocycles. The summed E-state index contributed by atoms with van der Waals surface area (Å²) in [5, 5.41) is 8.99. The molecule has 1 N–H and O–H groups in total. The zero-order valence-corrected chi connectivity index (χ0v) is 11.8. The van der Waals surface area contributed by atoms with E-state index in [0.29, 0.717) is 16.9 Å². The van der Waals surface area contributed by atoms with Crippen molar-refractivity contribution in [2.24, 2.45) is 0 Å². The molecule has 0 aliphatic carbocycles. The van der Waals surface area contributed by atoms with Gasteiger partial charge in [-0.1, -0.05) is 0 Å². The van der Waals surface area contributed by atoms with Crippen molar-refractivity contribution in [2.75, 3.05) is 0 Å². The van der Waals surface area contributed by atoms with Gasteiger partial charge in [-0.2, -0.15) is 5.26 Å². The van der Waals surface area contributed by atoms with Crippen LogP contribution in [0.3, 0.4) is 0 Å². The van der Waals surface area contributed by atoms with Crippen LogP contribution in [0.4, 0.5) is 0 Å². The number of aromatic nitrogens is 3. The molecule has 2 heterocycles. The van der Waals surface area contributed by atoms with E-state index in [0.717, 1.165) is 16.7 Å². The van der Waals surface area contributed by atoms with Crippen molar-refractivity contribution in [3.05, 3.63) is 44.6 Å². The molecule has 4 nitrogen and oxygen atoms in total. The monoisotopic (exact) mass is 286 g/mol. The van der Waals surface area contributed by atoms with Crippen LogP contribution < -0.4 is 0 Å². The second kappa shape index (κ2) is 4.61. The molecule has 3 rings (SSSR count). The van der Waals surface area contributed by atoms with Gasteiger partial charge < -0.3 is 9.55 Å². The average molecular weight is 286 g/mol. The predicted octanol–water partition coefficient (Wildman–Crippen LogP) is 3.38. The van der Waals surface area contributed by atoms with E-state index >= 15 is 0 Å². The summed E-state index contributed by atoms with van der Waals surface area (Å²) >= 11 is 6.98. The number of rotatable bonds is 2. The molecule has 19 heavy (non-hydrogen) atoms. The fourth-order valence-corrected chi connectivity index (χ4v) is 3.04. The maximum absolute atomic E-state index is 8.99. The number of nitrogens with zero attached hydrogens (tertiary/aromatic N) is 3. The molecule has 6 heteroatoms. The topological polar surface area (TPSA) is 57.4 Å². The first-order valence-corrected chi connectivity index (χ1v) is 6.99. The molecule has 0 aliphatic heterocycles. The van der Waals surface area contributed by atoms with E-state index in [4.69, 9.17) is 17.5 Å². The Morgan fingerprint density at radius 2 is 2.37 bits per heavy atom. The molecule has 0 saturated carbocycles. The second-order valence-corrected chi connectivity index (χ2v) is 5.55. The van der Waals surface area contributed by atoms with Gasteiger partial charge in [0.2, 0.25) is 0 Å². The average Bonchev–Trinajstić information content (AvgIpc) is 2.94. The number of aromatic amines is 1. The highest BCUT2D eigenvalue weighted by Gasteiger charge is 2.09. The molecule has 0 amide bonds. The van der Waals surface area contributed by atoms with Gasteiger partial charge >= 0.3 is 0 Å². The Bertz CT molecular complexity index is 848. The Morgan fingerprint density at radius 1 is 1.53 bits per heavy atom. The Morgan fingerprint density at radius 3 is 3.05 bits per heavy atom. The van der Waals surface area contributed by atoms with Crippen LogP contribution in [0.1, 0.15) is 16.1 Å². The van der Waals surface area contributed by atoms with E-state index in [2.05, 4.69) is 16.0 Å². The van der Waals surface area contributed by atoms with Crippen molar-refractivity contribution in [1.82, 2.24) is 14.5 Å². The highest BCUT2D eigenvalue weighted by Crippen LogP contribution is 2.20. The van der Waals surface area contributed by atoms with Crippen molar-refractivity contribution >= 4 is 34.6 Å². The third kappa shape index (κ3) is 2.07. The number of H-pyrrole nitrogens is 1. The third-order valence-electron chi connectivity index (χ3n) is 3.05. The number of benzene rings is 1. The number of fused-ring (bicyclic) bond motifs is 1. The zero-order chi connectivity index (χ0) is 13.4. The minimum atomic E-state index is 0.635.